The fourth-order valence-electron chi connectivity index (χ4n) is 8.46. The minimum absolute atomic E-state index is 0.0479. The molecule has 4 nitrogen and oxygen atoms in total. The highest BCUT2D eigenvalue weighted by Gasteiger charge is 2.24. The van der Waals surface area contributed by atoms with Crippen molar-refractivity contribution < 1.29 is 12.0 Å². The molecule has 0 amide bonds. The topological polar surface area (TPSA) is 50.9 Å². The fourth-order valence-corrected chi connectivity index (χ4v) is 8.46. The van der Waals surface area contributed by atoms with Crippen LogP contribution in [0.25, 0.3) is 72.7 Å². The molecule has 4 heteroatoms. The van der Waals surface area contributed by atoms with Crippen molar-refractivity contribution in [2.24, 2.45) is 0 Å². The summed E-state index contributed by atoms with van der Waals surface area (Å²) in [4.78, 5) is 10.3. The van der Waals surface area contributed by atoms with Crippen LogP contribution in [0, 0.1) is 20.7 Å². The number of hydrogen-bond donors (Lipinski definition) is 1. The van der Waals surface area contributed by atoms with E-state index >= 15 is 0 Å². The fraction of sp³-hybridized carbons (Fsp3) is 0.288. The Hall–Kier alpha value is -6.26. The first kappa shape index (κ1) is 37.3. The van der Waals surface area contributed by atoms with Crippen LogP contribution in [0.3, 0.4) is 0 Å². The monoisotopic (exact) mass is 835 g/mol. The summed E-state index contributed by atoms with van der Waals surface area (Å²) < 4.78 is 46.7. The van der Waals surface area contributed by atoms with Crippen molar-refractivity contribution in [1.82, 2.24) is 14.5 Å². The molecule has 0 spiro atoms. The minimum atomic E-state index is -2.57. The number of rotatable bonds is 8. The first-order chi connectivity index (χ1) is 31.6. The molecule has 320 valence electrons. The molecule has 2 heterocycles. The molecule has 2 aromatic heterocycles. The summed E-state index contributed by atoms with van der Waals surface area (Å²) >= 11 is 0. The highest BCUT2D eigenvalue weighted by Crippen LogP contribution is 2.42. The second-order valence-electron chi connectivity index (χ2n) is 19.8. The Bertz CT molecular complexity index is 3190. The molecule has 8 rings (SSSR count). The Labute approximate surface area is 382 Å². The third-order valence-corrected chi connectivity index (χ3v) is 12.3. The number of hydrogen-bond acceptors (Lipinski definition) is 3. The van der Waals surface area contributed by atoms with Gasteiger partial charge in [-0.3, -0.25) is 9.55 Å². The van der Waals surface area contributed by atoms with Crippen molar-refractivity contribution in [2.75, 3.05) is 0 Å². The van der Waals surface area contributed by atoms with Crippen molar-refractivity contribution >= 4 is 11.0 Å². The lowest BCUT2D eigenvalue weighted by atomic mass is 9.83. The van der Waals surface area contributed by atoms with Gasteiger partial charge in [-0.25, -0.2) is 4.98 Å². The molecule has 0 unspecified atom stereocenters. The predicted octanol–water partition coefficient (Wildman–Crippen LogP) is 16.2. The molecule has 63 heavy (non-hydrogen) atoms. The number of aryl methyl sites for hydroxylation is 3. The van der Waals surface area contributed by atoms with Crippen LogP contribution in [-0.2, 0) is 10.8 Å². The van der Waals surface area contributed by atoms with Gasteiger partial charge in [0.15, 0.2) is 0 Å². The van der Waals surface area contributed by atoms with Gasteiger partial charge in [-0.1, -0.05) is 142 Å². The van der Waals surface area contributed by atoms with E-state index in [2.05, 4.69) is 96.1 Å². The number of aromatic hydroxyl groups is 1. The lowest BCUT2D eigenvalue weighted by Gasteiger charge is -2.22. The zero-order valence-electron chi connectivity index (χ0n) is 43.9. The Kier molecular flexibility index (Phi) is 9.75. The molecule has 0 aliphatic carbocycles. The van der Waals surface area contributed by atoms with Gasteiger partial charge in [0, 0.05) is 24.2 Å². The maximum atomic E-state index is 11.8. The summed E-state index contributed by atoms with van der Waals surface area (Å²) in [5.74, 6) is -1.43. The zero-order chi connectivity index (χ0) is 49.5. The third-order valence-electron chi connectivity index (χ3n) is 12.3. The van der Waals surface area contributed by atoms with Gasteiger partial charge in [-0.15, -0.1) is 0 Å². The van der Waals surface area contributed by atoms with E-state index in [-0.39, 0.29) is 22.1 Å². The molecule has 0 atom stereocenters. The smallest absolute Gasteiger partial charge is 0.149 e. The third kappa shape index (κ3) is 8.61. The van der Waals surface area contributed by atoms with Gasteiger partial charge in [0.25, 0.3) is 0 Å². The van der Waals surface area contributed by atoms with Crippen LogP contribution in [0.4, 0.5) is 0 Å². The van der Waals surface area contributed by atoms with Crippen molar-refractivity contribution in [3.8, 4) is 67.5 Å². The summed E-state index contributed by atoms with van der Waals surface area (Å²) in [7, 11) is 0. The summed E-state index contributed by atoms with van der Waals surface area (Å²) in [5.41, 5.74) is 14.7. The van der Waals surface area contributed by atoms with Crippen LogP contribution in [-0.4, -0.2) is 19.6 Å². The average molecular weight is 835 g/mol. The first-order valence-electron chi connectivity index (χ1n) is 24.4. The van der Waals surface area contributed by atoms with Crippen LogP contribution in [0.1, 0.15) is 127 Å². The zero-order valence-corrected chi connectivity index (χ0v) is 38.9. The Morgan fingerprint density at radius 1 is 0.587 bits per heavy atom. The molecule has 0 fully saturated rings. The van der Waals surface area contributed by atoms with Crippen LogP contribution in [0.15, 0.2) is 128 Å². The molecule has 0 bridgehead atoms. The van der Waals surface area contributed by atoms with Crippen molar-refractivity contribution in [3.63, 3.8) is 0 Å². The molecule has 0 saturated heterocycles. The number of benzene rings is 6. The van der Waals surface area contributed by atoms with E-state index < -0.39 is 18.6 Å². The maximum Gasteiger partial charge on any atom is 0.149 e. The van der Waals surface area contributed by atoms with Gasteiger partial charge in [0.2, 0.25) is 0 Å². The van der Waals surface area contributed by atoms with E-state index in [1.54, 1.807) is 6.07 Å². The molecular weight excluding hydrogens is 767 g/mol. The number of fused-ring (bicyclic) bond motifs is 1. The summed E-state index contributed by atoms with van der Waals surface area (Å²) in [6.07, 6.45) is 1.87. The van der Waals surface area contributed by atoms with Gasteiger partial charge >= 0.3 is 0 Å². The van der Waals surface area contributed by atoms with E-state index in [0.717, 1.165) is 61.3 Å². The Morgan fingerprint density at radius 3 is 1.89 bits per heavy atom. The predicted molar refractivity (Wildman–Crippen MR) is 267 cm³/mol. The number of aromatic nitrogens is 3. The number of phenolic OH excluding ortho intramolecular Hbond substituents is 1. The standard InChI is InChI=1S/C59H63N3O/c1-35(2)43-28-44(36(3)4)30-45(29-43)41-19-22-53(38(6)27-41)62-54-16-14-15-50(55(54)61-57(62)51-26-37(5)25-39(7)56(51)63)46-31-47(33-49(32-46)59(11,12)13)52-34-42(23-24-60-52)40-17-20-48(21-18-40)58(8,9)10/h14-36,63H,1-13H3/i6D3,35D,36D. The van der Waals surface area contributed by atoms with Crippen LogP contribution >= 0.6 is 0 Å². The minimum Gasteiger partial charge on any atom is -0.507 e. The van der Waals surface area contributed by atoms with Gasteiger partial charge < -0.3 is 5.11 Å². The van der Waals surface area contributed by atoms with Gasteiger partial charge in [0.05, 0.1) is 28.0 Å². The molecule has 0 radical (unpaired) electrons. The van der Waals surface area contributed by atoms with Gasteiger partial charge in [0.1, 0.15) is 11.6 Å². The van der Waals surface area contributed by atoms with Crippen molar-refractivity contribution in [2.45, 2.75) is 113 Å². The summed E-state index contributed by atoms with van der Waals surface area (Å²) in [5, 5.41) is 11.8. The molecule has 0 saturated carbocycles. The van der Waals surface area contributed by atoms with Crippen molar-refractivity contribution in [1.29, 1.82) is 0 Å². The van der Waals surface area contributed by atoms with E-state index in [4.69, 9.17) is 16.8 Å². The average Bonchev–Trinajstić information content (AvgIpc) is 3.65. The second-order valence-corrected chi connectivity index (χ2v) is 19.8. The summed E-state index contributed by atoms with van der Waals surface area (Å²) in [6, 6.07) is 40.5. The lowest BCUT2D eigenvalue weighted by molar-refractivity contribution is 0.472. The van der Waals surface area contributed by atoms with Crippen LogP contribution in [0.2, 0.25) is 0 Å². The van der Waals surface area contributed by atoms with Crippen LogP contribution < -0.4 is 0 Å². The maximum absolute atomic E-state index is 11.8. The Balaban J connectivity index is 1.37. The number of pyridine rings is 1. The molecular formula is C59H63N3O. The van der Waals surface area contributed by atoms with E-state index in [1.807, 2.05) is 113 Å². The van der Waals surface area contributed by atoms with E-state index in [1.165, 1.54) is 5.56 Å². The van der Waals surface area contributed by atoms with Gasteiger partial charge in [-0.05, 0) is 159 Å². The largest absolute Gasteiger partial charge is 0.507 e. The molecule has 1 N–H and O–H groups in total. The summed E-state index contributed by atoms with van der Waals surface area (Å²) in [6.45, 7) is 21.8. The SMILES string of the molecule is [2H]C([2H])([2H])c1cc(-c2cc(C([2H])(C)C)cc(C([2H])(C)C)c2)ccc1-n1c(-c2cc(C)cc(C)c2O)nc2c(-c3cc(-c4cc(-c5ccc(C(C)(C)C)cc5)ccn4)cc(C(C)(C)C)c3)cccc21. The molecule has 0 aliphatic rings. The van der Waals surface area contributed by atoms with Crippen molar-refractivity contribution in [3.05, 3.63) is 166 Å². The number of para-hydroxylation sites is 1. The molecule has 8 aromatic rings. The Morgan fingerprint density at radius 2 is 1.24 bits per heavy atom. The molecule has 0 aliphatic heterocycles. The number of nitrogens with zero attached hydrogens (tertiary/aromatic N) is 3. The van der Waals surface area contributed by atoms with Crippen LogP contribution in [0.5, 0.6) is 5.75 Å². The quantitative estimate of drug-likeness (QED) is 0.166. The first-order valence-corrected chi connectivity index (χ1v) is 21.9. The van der Waals surface area contributed by atoms with E-state index in [0.29, 0.717) is 39.2 Å². The highest BCUT2D eigenvalue weighted by atomic mass is 16.3. The van der Waals surface area contributed by atoms with E-state index in [9.17, 15) is 5.11 Å². The normalized spacial score (nSPS) is 13.9. The molecule has 6 aromatic carbocycles. The second kappa shape index (κ2) is 16.5. The lowest BCUT2D eigenvalue weighted by Crippen LogP contribution is -2.11. The highest BCUT2D eigenvalue weighted by molar-refractivity contribution is 5.97. The number of imidazole rings is 1. The number of phenols is 1. The van der Waals surface area contributed by atoms with Gasteiger partial charge in [-0.2, -0.15) is 0 Å².